The number of amides is 2. The van der Waals surface area contributed by atoms with Crippen LogP contribution >= 0.6 is 23.5 Å². The first kappa shape index (κ1) is 64.3. The molecule has 0 saturated carbocycles. The van der Waals surface area contributed by atoms with Gasteiger partial charge in [-0.05, 0) is 128 Å². The summed E-state index contributed by atoms with van der Waals surface area (Å²) in [6.07, 6.45) is 1.70. The second-order valence-corrected chi connectivity index (χ2v) is 28.9. The topological polar surface area (TPSA) is 370 Å². The smallest absolute Gasteiger partial charge is 0.487 e. The summed E-state index contributed by atoms with van der Waals surface area (Å²) in [6.45, 7) is 17.2. The highest BCUT2D eigenvalue weighted by atomic mass is 31.3. The van der Waals surface area contributed by atoms with Crippen molar-refractivity contribution in [2.24, 2.45) is 0 Å². The van der Waals surface area contributed by atoms with Crippen molar-refractivity contribution >= 4 is 69.6 Å². The first-order valence-corrected chi connectivity index (χ1v) is 34.2. The minimum absolute atomic E-state index is 0.00325. The molecular formula is C58H79N10O16P3. The summed E-state index contributed by atoms with van der Waals surface area (Å²) >= 11 is 0. The van der Waals surface area contributed by atoms with Gasteiger partial charge in [0, 0.05) is 85.8 Å². The Bertz CT molecular complexity index is 3860. The van der Waals surface area contributed by atoms with E-state index >= 15 is 0 Å². The molecule has 10 N–H and O–H groups in total. The van der Waals surface area contributed by atoms with Crippen molar-refractivity contribution in [3.05, 3.63) is 108 Å². The number of nitrogen functional groups attached to an aromatic ring is 1. The summed E-state index contributed by atoms with van der Waals surface area (Å²) in [4.78, 5) is 94.9. The zero-order valence-electron chi connectivity index (χ0n) is 50.0. The zero-order chi connectivity index (χ0) is 62.7. The Balaban J connectivity index is 0.754. The largest absolute Gasteiger partial charge is 0.756 e. The summed E-state index contributed by atoms with van der Waals surface area (Å²) in [5, 5.41) is 30.7. The van der Waals surface area contributed by atoms with E-state index in [4.69, 9.17) is 15.4 Å². The Labute approximate surface area is 503 Å². The highest BCUT2D eigenvalue weighted by Crippen LogP contribution is 2.65. The van der Waals surface area contributed by atoms with E-state index in [0.29, 0.717) is 50.3 Å². The number of nitrogens with one attached hydrogen (secondary N) is 3. The molecule has 6 heterocycles. The van der Waals surface area contributed by atoms with Crippen molar-refractivity contribution in [2.45, 2.75) is 154 Å². The number of carbonyl (C=O) groups excluding carboxylic acids is 2. The molecule has 0 radical (unpaired) electrons. The molecule has 5 aliphatic rings. The number of H-pyrrole nitrogens is 1. The van der Waals surface area contributed by atoms with Gasteiger partial charge in [0.25, 0.3) is 19.3 Å². The number of nitrogens with two attached hydrogens (primary N) is 1. The van der Waals surface area contributed by atoms with E-state index in [1.165, 1.54) is 49.6 Å². The van der Waals surface area contributed by atoms with E-state index in [0.717, 1.165) is 73.9 Å². The number of phosphoric ester groups is 1. The monoisotopic (exact) mass is 1260 g/mol. The fourth-order valence-corrected chi connectivity index (χ4v) is 16.9. The van der Waals surface area contributed by atoms with Crippen molar-refractivity contribution in [2.75, 3.05) is 68.9 Å². The first-order valence-electron chi connectivity index (χ1n) is 29.7. The van der Waals surface area contributed by atoms with E-state index in [9.17, 15) is 53.0 Å². The molecule has 5 aromatic rings. The first-order chi connectivity index (χ1) is 41.0. The number of ether oxygens (including phenoxy) is 1. The van der Waals surface area contributed by atoms with E-state index in [1.807, 2.05) is 18.2 Å². The zero-order valence-corrected chi connectivity index (χ0v) is 52.7. The SMILES string of the molecule is CCN1c2cc3c(cc2C(C)CC1(C)C)C(c1ccccc1C(=O)N(C)CCCC(=O)NCCCCCCNc1nc2c(=O)[nH]c(N)nc2n1[C@@H]1O[C@H](COP(=O)(O)OP(=O)(O)OP(=O)([O-])O)[C@@H](O)[C@H]1O)=c1cc2c4c(c1C3(C)C)CCC[N+]=4CCC2. The second-order valence-electron chi connectivity index (χ2n) is 24.5. The van der Waals surface area contributed by atoms with Gasteiger partial charge in [-0.1, -0.05) is 51.8 Å². The number of carbonyl (C=O) groups is 2. The summed E-state index contributed by atoms with van der Waals surface area (Å²) < 4.78 is 56.4. The molecule has 29 heteroatoms. The molecule has 3 aromatic carbocycles. The molecule has 472 valence electrons. The number of rotatable bonds is 23. The quantitative estimate of drug-likeness (QED) is 0.0253. The van der Waals surface area contributed by atoms with Gasteiger partial charge in [-0.25, -0.2) is 23.0 Å². The number of hydrogen-bond donors (Lipinski definition) is 9. The van der Waals surface area contributed by atoms with Gasteiger partial charge >= 0.3 is 15.6 Å². The molecule has 1 aliphatic carbocycles. The van der Waals surface area contributed by atoms with Crippen molar-refractivity contribution in [1.82, 2.24) is 34.3 Å². The number of aliphatic hydroxyl groups is 2. The molecule has 2 aromatic heterocycles. The number of nitrogens with zero attached hydrogens (tertiary/aromatic N) is 6. The van der Waals surface area contributed by atoms with Crippen LogP contribution < -0.4 is 46.9 Å². The lowest BCUT2D eigenvalue weighted by Gasteiger charge is -2.48. The molecule has 0 spiro atoms. The number of aliphatic hydroxyl groups excluding tert-OH is 2. The van der Waals surface area contributed by atoms with Crippen LogP contribution in [-0.2, 0) is 54.6 Å². The molecule has 1 fully saturated rings. The number of imidazole rings is 1. The standard InChI is InChI=1S/C58H79N10O16P3/c1-8-67-42-30-41-39(29-38(42)33(2)31-57(67,3)4)45(40-28-34-18-15-26-66-27-16-21-37(48(34)66)46(40)58(41,5)6)35-19-11-12-20-36(35)53(73)65(7)25-17-22-44(69)60-23-13-9-10-14-24-61-56-62-47-51(63-55(59)64-52(47)72)68(56)54-50(71)49(70)43(82-54)32-81-86(77,78)84-87(79,80)83-85(74,75)76/h11-12,19-20,28-30,33,43,49-50,54,70-71H,8-10,13-18,21-27,31-32H2,1-7H3,(H8,59,60,64,69,72,73,74,75,76,77,78,79,80)/t33?,43-,49-,50-,54-/m1/s1. The maximum absolute atomic E-state index is 14.9. The minimum Gasteiger partial charge on any atom is -0.756 e. The number of unbranched alkanes of at least 4 members (excludes halogenated alkanes) is 3. The van der Waals surface area contributed by atoms with E-state index in [1.54, 1.807) is 11.9 Å². The summed E-state index contributed by atoms with van der Waals surface area (Å²) in [7, 11) is -15.7. The van der Waals surface area contributed by atoms with Crippen molar-refractivity contribution in [1.29, 1.82) is 0 Å². The predicted molar refractivity (Wildman–Crippen MR) is 322 cm³/mol. The van der Waals surface area contributed by atoms with E-state index in [-0.39, 0.29) is 58.8 Å². The fraction of sp³-hybridized carbons (Fsp3) is 0.552. The van der Waals surface area contributed by atoms with E-state index in [2.05, 4.69) is 114 Å². The normalized spacial score (nSPS) is 23.0. The van der Waals surface area contributed by atoms with Gasteiger partial charge in [0.15, 0.2) is 17.4 Å². The highest BCUT2D eigenvalue weighted by Gasteiger charge is 2.48. The van der Waals surface area contributed by atoms with Gasteiger partial charge in [-0.2, -0.15) is 9.29 Å². The number of aryl methyl sites for hydroxylation is 1. The third-order valence-corrected chi connectivity index (χ3v) is 21.3. The molecule has 8 atom stereocenters. The fourth-order valence-electron chi connectivity index (χ4n) is 13.9. The molecular weight excluding hydrogens is 1190 g/mol. The molecule has 87 heavy (non-hydrogen) atoms. The molecule has 2 amide bonds. The molecule has 0 bridgehead atoms. The Morgan fingerprint density at radius 2 is 1.66 bits per heavy atom. The summed E-state index contributed by atoms with van der Waals surface area (Å²) in [5.41, 5.74) is 16.4. The number of anilines is 3. The van der Waals surface area contributed by atoms with Crippen LogP contribution in [-0.4, -0.2) is 138 Å². The van der Waals surface area contributed by atoms with Crippen molar-refractivity contribution in [3.8, 4) is 0 Å². The van der Waals surface area contributed by atoms with Crippen LogP contribution in [0.5, 0.6) is 0 Å². The summed E-state index contributed by atoms with van der Waals surface area (Å²) in [5.74, 6) is -0.261. The maximum atomic E-state index is 14.9. The lowest BCUT2D eigenvalue weighted by atomic mass is 9.64. The number of aromatic nitrogens is 4. The molecule has 4 aliphatic heterocycles. The summed E-state index contributed by atoms with van der Waals surface area (Å²) in [6, 6.07) is 15.5. The van der Waals surface area contributed by atoms with Crippen LogP contribution in [0.1, 0.15) is 161 Å². The Hall–Kier alpha value is -5.69. The average Bonchev–Trinajstić information content (AvgIpc) is 1.31. The van der Waals surface area contributed by atoms with Gasteiger partial charge in [-0.15, -0.1) is 0 Å². The number of fused-ring (bicyclic) bond motifs is 5. The van der Waals surface area contributed by atoms with Crippen LogP contribution in [0.25, 0.3) is 16.7 Å². The Kier molecular flexibility index (Phi) is 18.4. The molecule has 10 rings (SSSR count). The molecule has 26 nitrogen and oxygen atoms in total. The molecule has 4 unspecified atom stereocenters. The average molecular weight is 1270 g/mol. The van der Waals surface area contributed by atoms with Gasteiger partial charge in [-0.3, -0.25) is 33.0 Å². The number of hydrogen-bond acceptors (Lipinski definition) is 18. The van der Waals surface area contributed by atoms with E-state index < -0.39 is 60.2 Å². The Morgan fingerprint density at radius 3 is 2.38 bits per heavy atom. The van der Waals surface area contributed by atoms with Gasteiger partial charge < -0.3 is 60.7 Å². The van der Waals surface area contributed by atoms with Crippen LogP contribution in [0.2, 0.25) is 0 Å². The van der Waals surface area contributed by atoms with Crippen LogP contribution in [0.4, 0.5) is 17.6 Å². The third-order valence-electron chi connectivity index (χ3n) is 17.6. The maximum Gasteiger partial charge on any atom is 0.487 e. The van der Waals surface area contributed by atoms with Crippen LogP contribution in [0.3, 0.4) is 0 Å². The lowest BCUT2D eigenvalue weighted by Crippen LogP contribution is -2.50. The van der Waals surface area contributed by atoms with Gasteiger partial charge in [0.2, 0.25) is 23.2 Å². The highest BCUT2D eigenvalue weighted by molar-refractivity contribution is 7.66. The predicted octanol–water partition coefficient (Wildman–Crippen LogP) is 4.06. The lowest BCUT2D eigenvalue weighted by molar-refractivity contribution is -0.212. The Morgan fingerprint density at radius 1 is 0.943 bits per heavy atom. The number of phosphoric acid groups is 3. The minimum atomic E-state index is -5.91. The van der Waals surface area contributed by atoms with Crippen LogP contribution in [0.15, 0.2) is 47.3 Å². The van der Waals surface area contributed by atoms with Gasteiger partial charge in [0.1, 0.15) is 31.4 Å². The number of aromatic amines is 1. The van der Waals surface area contributed by atoms with Crippen molar-refractivity contribution in [3.63, 3.8) is 0 Å². The second kappa shape index (κ2) is 24.9. The third kappa shape index (κ3) is 13.2. The van der Waals surface area contributed by atoms with Crippen molar-refractivity contribution < 1.29 is 71.0 Å². The van der Waals surface area contributed by atoms with Crippen LogP contribution in [0, 0.1) is 0 Å². The molecule has 1 saturated heterocycles. The van der Waals surface area contributed by atoms with Gasteiger partial charge in [0.05, 0.1) is 6.61 Å². The number of benzene rings is 3.